The van der Waals surface area contributed by atoms with Gasteiger partial charge in [0.1, 0.15) is 5.56 Å². The summed E-state index contributed by atoms with van der Waals surface area (Å²) < 4.78 is 10.4. The van der Waals surface area contributed by atoms with Gasteiger partial charge in [-0.1, -0.05) is 23.7 Å². The Labute approximate surface area is 136 Å². The molecule has 0 aliphatic carbocycles. The second-order valence-electron chi connectivity index (χ2n) is 4.79. The number of hydrogen-bond acceptors (Lipinski definition) is 4. The number of para-hydroxylation sites is 1. The van der Waals surface area contributed by atoms with Crippen LogP contribution >= 0.6 is 11.6 Å². The van der Waals surface area contributed by atoms with Crippen LogP contribution in [-0.4, -0.2) is 13.0 Å². The van der Waals surface area contributed by atoms with Crippen molar-refractivity contribution in [2.45, 2.75) is 0 Å². The Morgan fingerprint density at radius 1 is 1.17 bits per heavy atom. The molecule has 1 aromatic heterocycles. The van der Waals surface area contributed by atoms with Crippen LogP contribution in [0.1, 0.15) is 10.4 Å². The smallest absolute Gasteiger partial charge is 0.349 e. The maximum Gasteiger partial charge on any atom is 0.349 e. The Balaban J connectivity index is 1.99. The first-order valence-electron chi connectivity index (χ1n) is 6.76. The Morgan fingerprint density at radius 2 is 1.91 bits per heavy atom. The molecule has 6 heteroatoms. The molecule has 1 amide bonds. The minimum atomic E-state index is -0.728. The van der Waals surface area contributed by atoms with E-state index in [1.165, 1.54) is 13.2 Å². The highest BCUT2D eigenvalue weighted by atomic mass is 35.5. The van der Waals surface area contributed by atoms with Gasteiger partial charge in [0.05, 0.1) is 7.11 Å². The molecule has 0 saturated heterocycles. The van der Waals surface area contributed by atoms with Crippen LogP contribution in [0.5, 0.6) is 5.75 Å². The van der Waals surface area contributed by atoms with Gasteiger partial charge >= 0.3 is 5.63 Å². The molecule has 0 radical (unpaired) electrons. The number of nitrogens with one attached hydrogen (secondary N) is 1. The summed E-state index contributed by atoms with van der Waals surface area (Å²) in [4.78, 5) is 24.4. The van der Waals surface area contributed by atoms with Gasteiger partial charge in [-0.25, -0.2) is 4.79 Å². The number of amides is 1. The lowest BCUT2D eigenvalue weighted by Crippen LogP contribution is -2.20. The topological polar surface area (TPSA) is 68.5 Å². The number of carbonyl (C=O) groups is 1. The maximum absolute atomic E-state index is 12.3. The van der Waals surface area contributed by atoms with Crippen LogP contribution < -0.4 is 15.7 Å². The van der Waals surface area contributed by atoms with E-state index < -0.39 is 11.5 Å². The minimum Gasteiger partial charge on any atom is -0.493 e. The van der Waals surface area contributed by atoms with Crippen LogP contribution in [0.2, 0.25) is 5.02 Å². The summed E-state index contributed by atoms with van der Waals surface area (Å²) in [6.45, 7) is 0. The van der Waals surface area contributed by atoms with Crippen LogP contribution in [0.4, 0.5) is 5.69 Å². The van der Waals surface area contributed by atoms with Crippen molar-refractivity contribution in [3.63, 3.8) is 0 Å². The van der Waals surface area contributed by atoms with E-state index in [1.54, 1.807) is 42.5 Å². The largest absolute Gasteiger partial charge is 0.493 e. The molecular formula is C17H12ClNO4. The molecule has 0 fully saturated rings. The molecule has 5 nitrogen and oxygen atoms in total. The molecular weight excluding hydrogens is 318 g/mol. The molecule has 23 heavy (non-hydrogen) atoms. The van der Waals surface area contributed by atoms with E-state index in [0.717, 1.165) is 0 Å². The third-order valence-corrected chi connectivity index (χ3v) is 3.54. The number of halogens is 1. The van der Waals surface area contributed by atoms with Gasteiger partial charge in [-0.15, -0.1) is 0 Å². The van der Waals surface area contributed by atoms with Crippen LogP contribution in [0.25, 0.3) is 11.0 Å². The zero-order valence-electron chi connectivity index (χ0n) is 12.1. The summed E-state index contributed by atoms with van der Waals surface area (Å²) in [5, 5.41) is 3.79. The van der Waals surface area contributed by atoms with Crippen molar-refractivity contribution in [1.29, 1.82) is 0 Å². The van der Waals surface area contributed by atoms with Crippen molar-refractivity contribution in [3.05, 3.63) is 69.5 Å². The van der Waals surface area contributed by atoms with Gasteiger partial charge in [0, 0.05) is 16.1 Å². The number of anilines is 1. The predicted molar refractivity (Wildman–Crippen MR) is 88.4 cm³/mol. The van der Waals surface area contributed by atoms with Gasteiger partial charge in [-0.3, -0.25) is 4.79 Å². The average molecular weight is 330 g/mol. The van der Waals surface area contributed by atoms with Gasteiger partial charge < -0.3 is 14.5 Å². The number of ether oxygens (including phenoxy) is 1. The summed E-state index contributed by atoms with van der Waals surface area (Å²) in [5.74, 6) is -0.116. The molecule has 3 aromatic rings. The number of rotatable bonds is 3. The van der Waals surface area contributed by atoms with Crippen LogP contribution in [0.3, 0.4) is 0 Å². The lowest BCUT2D eigenvalue weighted by molar-refractivity contribution is 0.102. The zero-order valence-corrected chi connectivity index (χ0v) is 12.9. The van der Waals surface area contributed by atoms with Gasteiger partial charge in [0.25, 0.3) is 5.91 Å². The van der Waals surface area contributed by atoms with Crippen molar-refractivity contribution in [1.82, 2.24) is 0 Å². The SMILES string of the molecule is COc1cccc2cc(C(=O)Nc3ccc(Cl)cc3)c(=O)oc12. The molecule has 0 saturated carbocycles. The number of benzene rings is 2. The van der Waals surface area contributed by atoms with E-state index in [1.807, 2.05) is 0 Å². The van der Waals surface area contributed by atoms with Gasteiger partial charge in [-0.2, -0.15) is 0 Å². The molecule has 0 aliphatic heterocycles. The number of carbonyl (C=O) groups excluding carboxylic acids is 1. The first kappa shape index (κ1) is 15.1. The van der Waals surface area contributed by atoms with Gasteiger partial charge in [0.2, 0.25) is 0 Å². The summed E-state index contributed by atoms with van der Waals surface area (Å²) in [6, 6.07) is 13.2. The van der Waals surface area contributed by atoms with Crippen molar-refractivity contribution in [2.75, 3.05) is 12.4 Å². The summed E-state index contributed by atoms with van der Waals surface area (Å²) in [6.07, 6.45) is 0. The highest BCUT2D eigenvalue weighted by molar-refractivity contribution is 6.30. The van der Waals surface area contributed by atoms with E-state index in [4.69, 9.17) is 20.8 Å². The maximum atomic E-state index is 12.3. The first-order valence-corrected chi connectivity index (χ1v) is 7.14. The first-order chi connectivity index (χ1) is 11.1. The Bertz CT molecular complexity index is 931. The zero-order chi connectivity index (χ0) is 16.4. The van der Waals surface area contributed by atoms with Gasteiger partial charge in [-0.05, 0) is 36.4 Å². The highest BCUT2D eigenvalue weighted by Gasteiger charge is 2.15. The van der Waals surface area contributed by atoms with Crippen LogP contribution in [0, 0.1) is 0 Å². The van der Waals surface area contributed by atoms with Crippen molar-refractivity contribution in [2.24, 2.45) is 0 Å². The quantitative estimate of drug-likeness (QED) is 0.744. The van der Waals surface area contributed by atoms with E-state index in [-0.39, 0.29) is 5.56 Å². The molecule has 0 unspecified atom stereocenters. The monoisotopic (exact) mass is 329 g/mol. The predicted octanol–water partition coefficient (Wildman–Crippen LogP) is 3.71. The lowest BCUT2D eigenvalue weighted by Gasteiger charge is -2.07. The molecule has 2 aromatic carbocycles. The minimum absolute atomic E-state index is 0.0827. The molecule has 116 valence electrons. The molecule has 3 rings (SSSR count). The Hall–Kier alpha value is -2.79. The second kappa shape index (κ2) is 6.14. The molecule has 1 heterocycles. The third kappa shape index (κ3) is 3.05. The lowest BCUT2D eigenvalue weighted by atomic mass is 10.1. The summed E-state index contributed by atoms with van der Waals surface area (Å²) >= 11 is 5.79. The average Bonchev–Trinajstić information content (AvgIpc) is 2.55. The fourth-order valence-electron chi connectivity index (χ4n) is 2.17. The van der Waals surface area contributed by atoms with E-state index in [2.05, 4.69) is 5.32 Å². The molecule has 0 atom stereocenters. The Morgan fingerprint density at radius 3 is 2.61 bits per heavy atom. The van der Waals surface area contributed by atoms with Crippen molar-refractivity contribution >= 4 is 34.2 Å². The third-order valence-electron chi connectivity index (χ3n) is 3.29. The standard InChI is InChI=1S/C17H12ClNO4/c1-22-14-4-2-3-10-9-13(17(21)23-15(10)14)16(20)19-12-7-5-11(18)6-8-12/h2-9H,1H3,(H,19,20). The second-order valence-corrected chi connectivity index (χ2v) is 5.22. The van der Waals surface area contributed by atoms with E-state index in [9.17, 15) is 9.59 Å². The van der Waals surface area contributed by atoms with Gasteiger partial charge in [0.15, 0.2) is 11.3 Å². The summed E-state index contributed by atoms with van der Waals surface area (Å²) in [5.41, 5.74) is 0.0294. The molecule has 1 N–H and O–H groups in total. The highest BCUT2D eigenvalue weighted by Crippen LogP contribution is 2.24. The molecule has 0 bridgehead atoms. The number of hydrogen-bond donors (Lipinski definition) is 1. The normalized spacial score (nSPS) is 10.5. The fourth-order valence-corrected chi connectivity index (χ4v) is 2.29. The summed E-state index contributed by atoms with van der Waals surface area (Å²) in [7, 11) is 1.48. The number of fused-ring (bicyclic) bond motifs is 1. The Kier molecular flexibility index (Phi) is 4.04. The van der Waals surface area contributed by atoms with Crippen LogP contribution in [-0.2, 0) is 0 Å². The van der Waals surface area contributed by atoms with Crippen molar-refractivity contribution in [3.8, 4) is 5.75 Å². The number of methoxy groups -OCH3 is 1. The van der Waals surface area contributed by atoms with E-state index in [0.29, 0.717) is 27.4 Å². The van der Waals surface area contributed by atoms with Crippen molar-refractivity contribution < 1.29 is 13.9 Å². The van der Waals surface area contributed by atoms with Crippen LogP contribution in [0.15, 0.2) is 57.7 Å². The molecule has 0 spiro atoms. The fraction of sp³-hybridized carbons (Fsp3) is 0.0588. The molecule has 0 aliphatic rings. The van der Waals surface area contributed by atoms with E-state index >= 15 is 0 Å².